The average molecular weight is 1180 g/mol. The third kappa shape index (κ3) is 17.1. The van der Waals surface area contributed by atoms with Crippen molar-refractivity contribution in [3.8, 4) is 0 Å². The van der Waals surface area contributed by atoms with Crippen LogP contribution in [0.3, 0.4) is 0 Å². The third-order valence-electron chi connectivity index (χ3n) is 14.6. The van der Waals surface area contributed by atoms with E-state index in [0.717, 1.165) is 68.6 Å². The van der Waals surface area contributed by atoms with Gasteiger partial charge in [0.1, 0.15) is 39.9 Å². The molecule has 0 bridgehead atoms. The van der Waals surface area contributed by atoms with E-state index in [-0.39, 0.29) is 58.4 Å². The van der Waals surface area contributed by atoms with Gasteiger partial charge in [0.05, 0.1) is 33.3 Å². The fourth-order valence-corrected chi connectivity index (χ4v) is 10.4. The van der Waals surface area contributed by atoms with Crippen LogP contribution in [0, 0.1) is 25.5 Å². The number of hydrogen-bond donors (Lipinski definition) is 1. The van der Waals surface area contributed by atoms with Gasteiger partial charge >= 0.3 is 6.09 Å². The Hall–Kier alpha value is -7.35. The van der Waals surface area contributed by atoms with Crippen molar-refractivity contribution in [2.75, 3.05) is 75.2 Å². The number of nitrogens with one attached hydrogen (secondary N) is 1. The second kappa shape index (κ2) is 29.8. The highest BCUT2D eigenvalue weighted by Gasteiger charge is 2.28. The molecule has 8 aromatic rings. The van der Waals surface area contributed by atoms with Crippen molar-refractivity contribution in [3.05, 3.63) is 199 Å². The molecule has 440 valence electrons. The molecule has 2 fully saturated rings. The van der Waals surface area contributed by atoms with Crippen LogP contribution in [0.4, 0.5) is 25.0 Å². The van der Waals surface area contributed by atoms with Gasteiger partial charge in [0.2, 0.25) is 0 Å². The maximum Gasteiger partial charge on any atom is 0.410 e. The van der Waals surface area contributed by atoms with Crippen molar-refractivity contribution in [2.24, 2.45) is 0 Å². The zero-order valence-electron chi connectivity index (χ0n) is 47.8. The van der Waals surface area contributed by atoms with Crippen LogP contribution < -0.4 is 26.0 Å². The molecule has 2 aromatic carbocycles. The lowest BCUT2D eigenvalue weighted by atomic mass is 10.1. The van der Waals surface area contributed by atoms with Crippen LogP contribution >= 0.6 is 24.8 Å². The Bertz CT molecular complexity index is 3490. The minimum Gasteiger partial charge on any atom is -0.461 e. The van der Waals surface area contributed by atoms with Crippen LogP contribution in [0.2, 0.25) is 0 Å². The number of carbonyl (C=O) groups excluding carboxylic acids is 1. The number of piperazine rings is 2. The lowest BCUT2D eigenvalue weighted by Gasteiger charge is -2.36. The van der Waals surface area contributed by atoms with Gasteiger partial charge in [-0.2, -0.15) is 0 Å². The van der Waals surface area contributed by atoms with Crippen LogP contribution in [0.1, 0.15) is 78.5 Å². The molecular weight excluding hydrogens is 1100 g/mol. The van der Waals surface area contributed by atoms with E-state index < -0.39 is 11.4 Å². The molecule has 1 N–H and O–H groups in total. The number of carbonyl (C=O) groups is 1. The summed E-state index contributed by atoms with van der Waals surface area (Å²) in [4.78, 5) is 66.4. The van der Waals surface area contributed by atoms with Gasteiger partial charge in [0.25, 0.3) is 0 Å². The summed E-state index contributed by atoms with van der Waals surface area (Å²) in [7, 11) is 0. The number of amides is 1. The summed E-state index contributed by atoms with van der Waals surface area (Å²) in [6, 6.07) is 21.8. The van der Waals surface area contributed by atoms with E-state index in [1.165, 1.54) is 17.7 Å². The fourth-order valence-electron chi connectivity index (χ4n) is 10.4. The number of pyridine rings is 4. The number of hydrogen-bond acceptors (Lipinski definition) is 15. The van der Waals surface area contributed by atoms with Crippen molar-refractivity contribution in [3.63, 3.8) is 0 Å². The summed E-state index contributed by atoms with van der Waals surface area (Å²) in [5.74, 6) is 0.209. The highest BCUT2D eigenvalue weighted by Crippen LogP contribution is 2.30. The summed E-state index contributed by atoms with van der Waals surface area (Å²) in [5.41, 5.74) is 6.28. The second-order valence-corrected chi connectivity index (χ2v) is 21.8. The number of halogens is 4. The Kier molecular flexibility index (Phi) is 22.7. The normalized spacial score (nSPS) is 13.6. The monoisotopic (exact) mass is 1170 g/mol. The maximum atomic E-state index is 15.5. The number of fused-ring (bicyclic) bond motifs is 2. The van der Waals surface area contributed by atoms with E-state index in [0.29, 0.717) is 111 Å². The van der Waals surface area contributed by atoms with Crippen molar-refractivity contribution in [1.82, 2.24) is 40.0 Å². The third-order valence-corrected chi connectivity index (χ3v) is 14.6. The Morgan fingerprint density at radius 1 is 0.590 bits per heavy atom. The molecule has 2 saturated heterocycles. The first-order chi connectivity index (χ1) is 39.2. The second-order valence-electron chi connectivity index (χ2n) is 21.8. The summed E-state index contributed by atoms with van der Waals surface area (Å²) in [6.45, 7) is 17.4. The molecule has 8 heterocycles. The standard InChI is InChI=1S/C34H40FN5O4.C29H32FN5O2.2ClH/c1-24-28(23-38(22-26-9-12-36-13-10-26)14-6-8-25-7-5-11-37-21-25)32(41)27-19-29(35)30(20-31(27)43-24)39-15-17-40(18-16-39)33(42)44-34(2,3)4;1-21-25(29(36)24-16-26(30)27(17-28(24)37-21)35-14-11-32-12-15-35)20-34(19-23-6-9-31-10-7-23)13-3-5-22-4-2-8-33-18-22;;/h5,7,9-13,19-21H,6,8,14-18,22-23H2,1-4H3;2,4,6-10,16-18,32H,3,5,11-15,19-20H2,1H3;2*1H. The van der Waals surface area contributed by atoms with Crippen LogP contribution in [-0.2, 0) is 43.8 Å². The molecule has 20 heteroatoms. The first kappa shape index (κ1) is 63.2. The molecule has 1 amide bonds. The van der Waals surface area contributed by atoms with E-state index in [4.69, 9.17) is 13.6 Å². The highest BCUT2D eigenvalue weighted by molar-refractivity contribution is 5.86. The molecule has 16 nitrogen and oxygen atoms in total. The Morgan fingerprint density at radius 2 is 1.02 bits per heavy atom. The van der Waals surface area contributed by atoms with E-state index in [2.05, 4.69) is 47.2 Å². The Balaban J connectivity index is 0.000000236. The zero-order valence-corrected chi connectivity index (χ0v) is 49.5. The van der Waals surface area contributed by atoms with Crippen LogP contribution in [0.15, 0.2) is 141 Å². The molecule has 0 atom stereocenters. The molecule has 0 saturated carbocycles. The summed E-state index contributed by atoms with van der Waals surface area (Å²) in [5, 5.41) is 3.79. The topological polar surface area (TPSA) is 167 Å². The van der Waals surface area contributed by atoms with Crippen LogP contribution in [0.5, 0.6) is 0 Å². The van der Waals surface area contributed by atoms with E-state index in [9.17, 15) is 14.4 Å². The van der Waals surface area contributed by atoms with Gasteiger partial charge in [-0.1, -0.05) is 12.1 Å². The smallest absolute Gasteiger partial charge is 0.410 e. The number of aromatic nitrogens is 4. The fraction of sp³-hybridized carbons (Fsp3) is 0.381. The van der Waals surface area contributed by atoms with Crippen LogP contribution in [-0.4, -0.2) is 112 Å². The van der Waals surface area contributed by atoms with Gasteiger partial charge in [0, 0.05) is 140 Å². The van der Waals surface area contributed by atoms with Gasteiger partial charge in [-0.15, -0.1) is 24.8 Å². The highest BCUT2D eigenvalue weighted by atomic mass is 35.5. The number of ether oxygens (including phenoxy) is 1. The quantitative estimate of drug-likeness (QED) is 0.0861. The van der Waals surface area contributed by atoms with E-state index in [1.807, 2.05) is 86.3 Å². The lowest BCUT2D eigenvalue weighted by Crippen LogP contribution is -2.50. The molecular formula is C63H74Cl2F2N10O6. The van der Waals surface area contributed by atoms with Crippen molar-refractivity contribution >= 4 is 64.2 Å². The summed E-state index contributed by atoms with van der Waals surface area (Å²) >= 11 is 0. The van der Waals surface area contributed by atoms with Gasteiger partial charge in [-0.05, 0) is 144 Å². The van der Waals surface area contributed by atoms with Crippen molar-refractivity contribution in [2.45, 2.75) is 92.1 Å². The van der Waals surface area contributed by atoms with Crippen LogP contribution in [0.25, 0.3) is 21.9 Å². The molecule has 10 rings (SSSR count). The van der Waals surface area contributed by atoms with Gasteiger partial charge in [-0.25, -0.2) is 13.6 Å². The number of nitrogens with zero attached hydrogens (tertiary/aromatic N) is 9. The first-order valence-corrected chi connectivity index (χ1v) is 27.9. The van der Waals surface area contributed by atoms with Crippen molar-refractivity contribution in [1.29, 1.82) is 0 Å². The number of aryl methyl sites for hydroxylation is 4. The minimum atomic E-state index is -0.580. The summed E-state index contributed by atoms with van der Waals surface area (Å²) < 4.78 is 48.4. The molecule has 83 heavy (non-hydrogen) atoms. The minimum absolute atomic E-state index is 0. The maximum absolute atomic E-state index is 15.5. The molecule has 2 aliphatic rings. The SMILES string of the molecule is Cc1oc2cc(N3CCN(C(=O)OC(C)(C)C)CC3)c(F)cc2c(=O)c1CN(CCCc1cccnc1)Cc1ccncc1.Cc1oc2cc(N3CCNCC3)c(F)cc2c(=O)c1CN(CCCc1cccnc1)Cc1ccncc1.Cl.Cl. The number of anilines is 2. The Morgan fingerprint density at radius 3 is 1.43 bits per heavy atom. The predicted molar refractivity (Wildman–Crippen MR) is 326 cm³/mol. The van der Waals surface area contributed by atoms with Gasteiger partial charge in [0.15, 0.2) is 10.9 Å². The zero-order chi connectivity index (χ0) is 56.9. The largest absolute Gasteiger partial charge is 0.461 e. The molecule has 0 aliphatic carbocycles. The van der Waals surface area contributed by atoms with E-state index in [1.54, 1.807) is 61.1 Å². The van der Waals surface area contributed by atoms with E-state index >= 15 is 8.78 Å². The Labute approximate surface area is 495 Å². The number of rotatable bonds is 18. The van der Waals surface area contributed by atoms with Gasteiger partial charge in [-0.3, -0.25) is 39.3 Å². The molecule has 0 spiro atoms. The van der Waals surface area contributed by atoms with Gasteiger partial charge < -0.3 is 33.6 Å². The lowest BCUT2D eigenvalue weighted by molar-refractivity contribution is 0.0240. The average Bonchev–Trinajstić information content (AvgIpc) is 3.50. The first-order valence-electron chi connectivity index (χ1n) is 27.9. The predicted octanol–water partition coefficient (Wildman–Crippen LogP) is 10.6. The molecule has 6 aromatic heterocycles. The summed E-state index contributed by atoms with van der Waals surface area (Å²) in [6.07, 6.45) is 17.6. The number of benzene rings is 2. The van der Waals surface area contributed by atoms with Crippen molar-refractivity contribution < 1.29 is 27.1 Å². The molecule has 2 aliphatic heterocycles. The molecule has 0 unspecified atom stereocenters. The molecule has 0 radical (unpaired) electrons.